The van der Waals surface area contributed by atoms with E-state index in [4.69, 9.17) is 10.5 Å². The van der Waals surface area contributed by atoms with Gasteiger partial charge in [-0.15, -0.1) is 0 Å². The number of nitrogen functional groups attached to an aromatic ring is 1. The van der Waals surface area contributed by atoms with Crippen molar-refractivity contribution < 1.29 is 22.3 Å². The van der Waals surface area contributed by atoms with Crippen LogP contribution in [-0.4, -0.2) is 37.1 Å². The third kappa shape index (κ3) is 4.82. The highest BCUT2D eigenvalue weighted by molar-refractivity contribution is 5.46. The fourth-order valence-corrected chi connectivity index (χ4v) is 1.91. The van der Waals surface area contributed by atoms with Gasteiger partial charge in [-0.3, -0.25) is 0 Å². The average molecular weight is 309 g/mol. The molecule has 0 aliphatic rings. The number of nitrogens with zero attached hydrogens (tertiary/aromatic N) is 1. The Balaban J connectivity index is 2.75. The minimum Gasteiger partial charge on any atom is -0.383 e. The summed E-state index contributed by atoms with van der Waals surface area (Å²) < 4.78 is 54.5. The first-order valence-corrected chi connectivity index (χ1v) is 6.47. The largest absolute Gasteiger partial charge is 0.383 e. The summed E-state index contributed by atoms with van der Waals surface area (Å²) in [5.74, 6) is -3.91. The van der Waals surface area contributed by atoms with Gasteiger partial charge in [0.25, 0.3) is 0 Å². The van der Waals surface area contributed by atoms with Crippen molar-refractivity contribution >= 4 is 5.82 Å². The molecule has 1 unspecified atom stereocenters. The maximum Gasteiger partial charge on any atom is 0.330 e. The maximum atomic E-state index is 12.8. The van der Waals surface area contributed by atoms with Crippen molar-refractivity contribution in [3.05, 3.63) is 23.4 Å². The number of rotatable bonds is 8. The van der Waals surface area contributed by atoms with Crippen LogP contribution in [0.2, 0.25) is 0 Å². The molecule has 0 saturated heterocycles. The topological polar surface area (TPSA) is 60.2 Å². The lowest BCUT2D eigenvalue weighted by molar-refractivity contribution is -0.167. The summed E-state index contributed by atoms with van der Waals surface area (Å²) in [5, 5.41) is 3.02. The number of hydrogen-bond donors (Lipinski definition) is 2. The second-order valence-electron chi connectivity index (χ2n) is 4.61. The van der Waals surface area contributed by atoms with Gasteiger partial charge in [-0.2, -0.15) is 8.78 Å². The monoisotopic (exact) mass is 309 g/mol. The van der Waals surface area contributed by atoms with Crippen LogP contribution in [0.5, 0.6) is 0 Å². The van der Waals surface area contributed by atoms with Crippen molar-refractivity contribution in [2.45, 2.75) is 32.2 Å². The number of nitrogens with two attached hydrogens (primary N) is 1. The zero-order valence-electron chi connectivity index (χ0n) is 11.9. The number of anilines is 1. The molecule has 0 aromatic carbocycles. The van der Waals surface area contributed by atoms with Crippen LogP contribution < -0.4 is 11.1 Å². The van der Waals surface area contributed by atoms with Crippen molar-refractivity contribution in [3.8, 4) is 0 Å². The van der Waals surface area contributed by atoms with Gasteiger partial charge in [0, 0.05) is 11.8 Å². The number of halogens is 4. The quantitative estimate of drug-likeness (QED) is 0.725. The zero-order chi connectivity index (χ0) is 16.0. The number of likely N-dealkylation sites (N-methyl/N-ethyl adjacent to an activating group) is 1. The number of alkyl halides is 4. The molecule has 3 N–H and O–H groups in total. The molecule has 0 bridgehead atoms. The summed E-state index contributed by atoms with van der Waals surface area (Å²) in [6.45, 7) is 2.61. The summed E-state index contributed by atoms with van der Waals surface area (Å²) in [4.78, 5) is 3.94. The van der Waals surface area contributed by atoms with E-state index in [-0.39, 0.29) is 12.4 Å². The molecule has 1 aromatic heterocycles. The van der Waals surface area contributed by atoms with Gasteiger partial charge in [0.1, 0.15) is 12.4 Å². The van der Waals surface area contributed by atoms with Gasteiger partial charge < -0.3 is 15.8 Å². The Bertz CT molecular complexity index is 437. The van der Waals surface area contributed by atoms with Crippen molar-refractivity contribution in [2.75, 3.05) is 25.5 Å². The molecule has 0 fully saturated rings. The molecular weight excluding hydrogens is 290 g/mol. The highest BCUT2D eigenvalue weighted by Crippen LogP contribution is 2.26. The van der Waals surface area contributed by atoms with E-state index in [1.54, 1.807) is 13.0 Å². The summed E-state index contributed by atoms with van der Waals surface area (Å²) in [6.07, 6.45) is -2.22. The van der Waals surface area contributed by atoms with Crippen LogP contribution in [0.4, 0.5) is 23.4 Å². The standard InChI is InChI=1S/C13H19F4N3O/c1-3-19-9(6-21-7-13(16,17)12(14)15)10-8(2)4-5-20-11(10)18/h4-5,9,12,19H,3,6-7H2,1-2H3,(H2,18,20). The Morgan fingerprint density at radius 2 is 2.10 bits per heavy atom. The normalized spacial score (nSPS) is 13.7. The smallest absolute Gasteiger partial charge is 0.330 e. The Kier molecular flexibility index (Phi) is 6.35. The second kappa shape index (κ2) is 7.56. The summed E-state index contributed by atoms with van der Waals surface area (Å²) in [6, 6.07) is 1.24. The van der Waals surface area contributed by atoms with Crippen LogP contribution >= 0.6 is 0 Å². The van der Waals surface area contributed by atoms with Crippen molar-refractivity contribution in [1.29, 1.82) is 0 Å². The molecule has 120 valence electrons. The van der Waals surface area contributed by atoms with Crippen LogP contribution in [0.1, 0.15) is 24.1 Å². The molecule has 1 atom stereocenters. The average Bonchev–Trinajstić information content (AvgIpc) is 2.38. The number of hydrogen-bond acceptors (Lipinski definition) is 4. The van der Waals surface area contributed by atoms with E-state index in [9.17, 15) is 17.6 Å². The minimum atomic E-state index is -4.16. The molecule has 8 heteroatoms. The van der Waals surface area contributed by atoms with Crippen molar-refractivity contribution in [1.82, 2.24) is 10.3 Å². The molecule has 1 aromatic rings. The van der Waals surface area contributed by atoms with Crippen molar-refractivity contribution in [2.24, 2.45) is 0 Å². The van der Waals surface area contributed by atoms with Crippen molar-refractivity contribution in [3.63, 3.8) is 0 Å². The molecule has 0 spiro atoms. The predicted octanol–water partition coefficient (Wildman–Crippen LogP) is 2.54. The summed E-state index contributed by atoms with van der Waals surface area (Å²) in [7, 11) is 0. The number of ether oxygens (including phenoxy) is 1. The number of aryl methyl sites for hydroxylation is 1. The fourth-order valence-electron chi connectivity index (χ4n) is 1.91. The number of pyridine rings is 1. The first kappa shape index (κ1) is 17.6. The second-order valence-corrected chi connectivity index (χ2v) is 4.61. The molecule has 1 rings (SSSR count). The molecule has 0 aliphatic heterocycles. The maximum absolute atomic E-state index is 12.8. The van der Waals surface area contributed by atoms with E-state index >= 15 is 0 Å². The van der Waals surface area contributed by atoms with Gasteiger partial charge >= 0.3 is 12.3 Å². The third-order valence-corrected chi connectivity index (χ3v) is 2.94. The van der Waals surface area contributed by atoms with E-state index in [0.29, 0.717) is 12.1 Å². The van der Waals surface area contributed by atoms with Gasteiger partial charge in [0.05, 0.1) is 12.6 Å². The highest BCUT2D eigenvalue weighted by atomic mass is 19.3. The summed E-state index contributed by atoms with van der Waals surface area (Å²) >= 11 is 0. The van der Waals surface area contributed by atoms with Crippen LogP contribution in [0.3, 0.4) is 0 Å². The van der Waals surface area contributed by atoms with Crippen LogP contribution in [0, 0.1) is 6.92 Å². The van der Waals surface area contributed by atoms with E-state index in [0.717, 1.165) is 5.56 Å². The van der Waals surface area contributed by atoms with E-state index in [1.165, 1.54) is 6.20 Å². The zero-order valence-corrected chi connectivity index (χ0v) is 11.9. The van der Waals surface area contributed by atoms with E-state index in [1.807, 2.05) is 6.92 Å². The van der Waals surface area contributed by atoms with Gasteiger partial charge in [-0.25, -0.2) is 13.8 Å². The van der Waals surface area contributed by atoms with Crippen LogP contribution in [0.15, 0.2) is 12.3 Å². The molecular formula is C13H19F4N3O. The number of aromatic nitrogens is 1. The molecule has 1 heterocycles. The first-order chi connectivity index (χ1) is 9.79. The van der Waals surface area contributed by atoms with Gasteiger partial charge in [0.15, 0.2) is 0 Å². The molecule has 0 amide bonds. The molecule has 21 heavy (non-hydrogen) atoms. The summed E-state index contributed by atoms with van der Waals surface area (Å²) in [5.41, 5.74) is 7.23. The molecule has 0 radical (unpaired) electrons. The Hall–Kier alpha value is -1.41. The fraction of sp³-hybridized carbons (Fsp3) is 0.615. The van der Waals surface area contributed by atoms with Gasteiger partial charge in [-0.05, 0) is 25.1 Å². The lowest BCUT2D eigenvalue weighted by atomic mass is 10.0. The lowest BCUT2D eigenvalue weighted by Crippen LogP contribution is -2.35. The van der Waals surface area contributed by atoms with Crippen LogP contribution in [0.25, 0.3) is 0 Å². The van der Waals surface area contributed by atoms with E-state index < -0.39 is 25.0 Å². The third-order valence-electron chi connectivity index (χ3n) is 2.94. The highest BCUT2D eigenvalue weighted by Gasteiger charge is 2.41. The SMILES string of the molecule is CCNC(COCC(F)(F)C(F)F)c1c(C)ccnc1N. The lowest BCUT2D eigenvalue weighted by Gasteiger charge is -2.23. The predicted molar refractivity (Wildman–Crippen MR) is 71.6 cm³/mol. The molecule has 4 nitrogen and oxygen atoms in total. The first-order valence-electron chi connectivity index (χ1n) is 6.47. The van der Waals surface area contributed by atoms with Gasteiger partial charge in [-0.1, -0.05) is 6.92 Å². The van der Waals surface area contributed by atoms with Gasteiger partial charge in [0.2, 0.25) is 0 Å². The minimum absolute atomic E-state index is 0.202. The Morgan fingerprint density at radius 3 is 2.62 bits per heavy atom. The van der Waals surface area contributed by atoms with Crippen LogP contribution in [-0.2, 0) is 4.74 Å². The number of nitrogens with one attached hydrogen (secondary N) is 1. The van der Waals surface area contributed by atoms with E-state index in [2.05, 4.69) is 10.3 Å². The Labute approximate surface area is 120 Å². The Morgan fingerprint density at radius 1 is 1.43 bits per heavy atom. The molecule has 0 saturated carbocycles. The molecule has 0 aliphatic carbocycles.